The first-order valence-electron chi connectivity index (χ1n) is 7.65. The molecule has 0 bridgehead atoms. The minimum absolute atomic E-state index is 0.289. The van der Waals surface area contributed by atoms with Gasteiger partial charge in [0.15, 0.2) is 5.60 Å². The lowest BCUT2D eigenvalue weighted by atomic mass is 9.88. The maximum absolute atomic E-state index is 13.9. The van der Waals surface area contributed by atoms with Crippen LogP contribution >= 0.6 is 0 Å². The normalized spacial score (nSPS) is 13.0. The molecular formula is C20H18F2O2. The van der Waals surface area contributed by atoms with Crippen molar-refractivity contribution >= 4 is 5.97 Å². The van der Waals surface area contributed by atoms with E-state index < -0.39 is 23.2 Å². The summed E-state index contributed by atoms with van der Waals surface area (Å²) in [4.78, 5) is 11.4. The summed E-state index contributed by atoms with van der Waals surface area (Å²) in [7, 11) is 0. The number of carbonyl (C=O) groups is 1. The topological polar surface area (TPSA) is 26.3 Å². The molecule has 0 N–H and O–H groups in total. The number of carbonyl (C=O) groups excluding carboxylic acids is 1. The monoisotopic (exact) mass is 328 g/mol. The highest BCUT2D eigenvalue weighted by Crippen LogP contribution is 2.33. The van der Waals surface area contributed by atoms with Gasteiger partial charge in [-0.15, -0.1) is 6.42 Å². The number of hydrogen-bond donors (Lipinski definition) is 0. The van der Waals surface area contributed by atoms with Gasteiger partial charge in [0.25, 0.3) is 0 Å². The van der Waals surface area contributed by atoms with Crippen LogP contribution in [0.1, 0.15) is 32.3 Å². The van der Waals surface area contributed by atoms with Crippen molar-refractivity contribution in [1.82, 2.24) is 0 Å². The summed E-state index contributed by atoms with van der Waals surface area (Å²) in [5.41, 5.74) is 0.382. The molecule has 2 rings (SSSR count). The zero-order chi connectivity index (χ0) is 17.7. The van der Waals surface area contributed by atoms with E-state index in [4.69, 9.17) is 11.2 Å². The van der Waals surface area contributed by atoms with E-state index in [2.05, 4.69) is 5.92 Å². The largest absolute Gasteiger partial charge is 0.442 e. The Morgan fingerprint density at radius 3 is 2.38 bits per heavy atom. The molecule has 0 amide bonds. The summed E-state index contributed by atoms with van der Waals surface area (Å²) in [6.45, 7) is 3.25. The van der Waals surface area contributed by atoms with Gasteiger partial charge in [-0.2, -0.15) is 0 Å². The average molecular weight is 328 g/mol. The number of ether oxygens (including phenoxy) is 1. The fourth-order valence-electron chi connectivity index (χ4n) is 2.68. The molecule has 0 spiro atoms. The molecule has 0 aliphatic rings. The minimum Gasteiger partial charge on any atom is -0.442 e. The van der Waals surface area contributed by atoms with E-state index in [0.717, 1.165) is 12.5 Å². The number of esters is 1. The van der Waals surface area contributed by atoms with Crippen LogP contribution in [0.15, 0.2) is 42.5 Å². The highest BCUT2D eigenvalue weighted by Gasteiger charge is 2.32. The molecule has 2 aromatic rings. The summed E-state index contributed by atoms with van der Waals surface area (Å²) in [6.07, 6.45) is 6.84. The van der Waals surface area contributed by atoms with Gasteiger partial charge in [0.1, 0.15) is 11.6 Å². The molecule has 0 aliphatic carbocycles. The SMILES string of the molecule is C#CC(CCC)(OC(C)=O)c1ccc(-c2ccc(F)cc2F)cc1. The molecule has 0 radical (unpaired) electrons. The van der Waals surface area contributed by atoms with Crippen LogP contribution < -0.4 is 0 Å². The van der Waals surface area contributed by atoms with E-state index >= 15 is 0 Å². The Labute approximate surface area is 140 Å². The Bertz CT molecular complexity index is 775. The lowest BCUT2D eigenvalue weighted by molar-refractivity contribution is -0.153. The van der Waals surface area contributed by atoms with E-state index in [9.17, 15) is 13.6 Å². The molecule has 0 saturated heterocycles. The first kappa shape index (κ1) is 17.7. The first-order chi connectivity index (χ1) is 11.4. The zero-order valence-corrected chi connectivity index (χ0v) is 13.6. The van der Waals surface area contributed by atoms with Crippen molar-refractivity contribution in [2.45, 2.75) is 32.3 Å². The summed E-state index contributed by atoms with van der Waals surface area (Å²) in [5, 5.41) is 0. The molecule has 0 saturated carbocycles. The Hall–Kier alpha value is -2.67. The molecule has 2 aromatic carbocycles. The van der Waals surface area contributed by atoms with E-state index in [1.54, 1.807) is 24.3 Å². The molecule has 2 nitrogen and oxygen atoms in total. The van der Waals surface area contributed by atoms with Crippen LogP contribution in [-0.4, -0.2) is 5.97 Å². The summed E-state index contributed by atoms with van der Waals surface area (Å²) in [5.74, 6) is 0.845. The summed E-state index contributed by atoms with van der Waals surface area (Å²) >= 11 is 0. The number of rotatable bonds is 5. The van der Waals surface area contributed by atoms with Crippen LogP contribution in [0.25, 0.3) is 11.1 Å². The van der Waals surface area contributed by atoms with Crippen LogP contribution in [0, 0.1) is 24.0 Å². The zero-order valence-electron chi connectivity index (χ0n) is 13.6. The third-order valence-electron chi connectivity index (χ3n) is 3.75. The highest BCUT2D eigenvalue weighted by atomic mass is 19.1. The van der Waals surface area contributed by atoms with Crippen LogP contribution in [0.4, 0.5) is 8.78 Å². The molecular weight excluding hydrogens is 310 g/mol. The number of benzene rings is 2. The highest BCUT2D eigenvalue weighted by molar-refractivity contribution is 5.68. The first-order valence-corrected chi connectivity index (χ1v) is 7.65. The minimum atomic E-state index is -1.14. The van der Waals surface area contributed by atoms with Gasteiger partial charge in [0.05, 0.1) is 0 Å². The van der Waals surface area contributed by atoms with Crippen LogP contribution in [0.5, 0.6) is 0 Å². The maximum Gasteiger partial charge on any atom is 0.304 e. The predicted octanol–water partition coefficient (Wildman–Crippen LogP) is 4.82. The van der Waals surface area contributed by atoms with Gasteiger partial charge < -0.3 is 4.74 Å². The van der Waals surface area contributed by atoms with Gasteiger partial charge in [0.2, 0.25) is 0 Å². The van der Waals surface area contributed by atoms with E-state index in [0.29, 0.717) is 17.5 Å². The van der Waals surface area contributed by atoms with Crippen molar-refractivity contribution in [3.8, 4) is 23.5 Å². The van der Waals surface area contributed by atoms with Crippen LogP contribution in [-0.2, 0) is 15.1 Å². The molecule has 0 heterocycles. The second-order valence-corrected chi connectivity index (χ2v) is 5.52. The molecule has 0 aliphatic heterocycles. The molecule has 1 unspecified atom stereocenters. The maximum atomic E-state index is 13.9. The van der Waals surface area contributed by atoms with Gasteiger partial charge >= 0.3 is 5.97 Å². The second kappa shape index (κ2) is 7.27. The lowest BCUT2D eigenvalue weighted by Crippen LogP contribution is -2.30. The Kier molecular flexibility index (Phi) is 5.35. The molecule has 24 heavy (non-hydrogen) atoms. The third-order valence-corrected chi connectivity index (χ3v) is 3.75. The Balaban J connectivity index is 2.42. The number of terminal acetylenes is 1. The lowest BCUT2D eigenvalue weighted by Gasteiger charge is -2.28. The van der Waals surface area contributed by atoms with Crippen molar-refractivity contribution in [2.75, 3.05) is 0 Å². The van der Waals surface area contributed by atoms with Crippen molar-refractivity contribution in [2.24, 2.45) is 0 Å². The van der Waals surface area contributed by atoms with Gasteiger partial charge in [0, 0.05) is 30.5 Å². The second-order valence-electron chi connectivity index (χ2n) is 5.52. The molecule has 124 valence electrons. The van der Waals surface area contributed by atoms with Crippen molar-refractivity contribution in [3.05, 3.63) is 59.7 Å². The molecule has 1 atom stereocenters. The number of halogens is 2. The molecule has 0 aromatic heterocycles. The average Bonchev–Trinajstić information content (AvgIpc) is 2.54. The van der Waals surface area contributed by atoms with E-state index in [1.165, 1.54) is 19.1 Å². The van der Waals surface area contributed by atoms with E-state index in [-0.39, 0.29) is 5.56 Å². The van der Waals surface area contributed by atoms with Crippen LogP contribution in [0.3, 0.4) is 0 Å². The summed E-state index contributed by atoms with van der Waals surface area (Å²) < 4.78 is 32.3. The van der Waals surface area contributed by atoms with Crippen molar-refractivity contribution < 1.29 is 18.3 Å². The fraction of sp³-hybridized carbons (Fsp3) is 0.250. The van der Waals surface area contributed by atoms with Crippen LogP contribution in [0.2, 0.25) is 0 Å². The predicted molar refractivity (Wildman–Crippen MR) is 89.0 cm³/mol. The van der Waals surface area contributed by atoms with Gasteiger partial charge in [-0.3, -0.25) is 4.79 Å². The smallest absolute Gasteiger partial charge is 0.304 e. The van der Waals surface area contributed by atoms with Gasteiger partial charge in [-0.1, -0.05) is 43.5 Å². The third kappa shape index (κ3) is 3.62. The fourth-order valence-corrected chi connectivity index (χ4v) is 2.68. The quantitative estimate of drug-likeness (QED) is 0.581. The standard InChI is InChI=1S/C20H18F2O2/c1-4-12-20(5-2,24-14(3)23)16-8-6-15(7-9-16)18-11-10-17(21)13-19(18)22/h2,6-11,13H,4,12H2,1,3H3. The Morgan fingerprint density at radius 1 is 1.21 bits per heavy atom. The molecule has 0 fully saturated rings. The summed E-state index contributed by atoms with van der Waals surface area (Å²) in [6, 6.07) is 10.2. The van der Waals surface area contributed by atoms with Gasteiger partial charge in [-0.25, -0.2) is 8.78 Å². The van der Waals surface area contributed by atoms with Crippen molar-refractivity contribution in [3.63, 3.8) is 0 Å². The Morgan fingerprint density at radius 2 is 1.88 bits per heavy atom. The van der Waals surface area contributed by atoms with Gasteiger partial charge in [-0.05, 0) is 17.7 Å². The van der Waals surface area contributed by atoms with E-state index in [1.807, 2.05) is 6.92 Å². The number of hydrogen-bond acceptors (Lipinski definition) is 2. The van der Waals surface area contributed by atoms with Crippen molar-refractivity contribution in [1.29, 1.82) is 0 Å². The molecule has 4 heteroatoms.